The van der Waals surface area contributed by atoms with Gasteiger partial charge in [0.1, 0.15) is 5.52 Å². The fraction of sp³-hybridized carbons (Fsp3) is 0.200. The van der Waals surface area contributed by atoms with Crippen molar-refractivity contribution in [2.45, 2.75) is 18.9 Å². The SMILES string of the molecule is Nc1ccc2c(c1)CCC2Nc1nccn2nccc12. The minimum atomic E-state index is 0.291. The van der Waals surface area contributed by atoms with Crippen molar-refractivity contribution < 1.29 is 0 Å². The highest BCUT2D eigenvalue weighted by molar-refractivity contribution is 5.67. The minimum Gasteiger partial charge on any atom is -0.399 e. The van der Waals surface area contributed by atoms with Gasteiger partial charge in [-0.15, -0.1) is 0 Å². The van der Waals surface area contributed by atoms with Gasteiger partial charge in [-0.2, -0.15) is 5.10 Å². The van der Waals surface area contributed by atoms with Crippen LogP contribution in [0.5, 0.6) is 0 Å². The van der Waals surface area contributed by atoms with E-state index in [0.29, 0.717) is 6.04 Å². The second-order valence-electron chi connectivity index (χ2n) is 5.13. The maximum absolute atomic E-state index is 5.85. The number of aromatic nitrogens is 3. The van der Waals surface area contributed by atoms with E-state index < -0.39 is 0 Å². The largest absolute Gasteiger partial charge is 0.399 e. The van der Waals surface area contributed by atoms with Crippen LogP contribution >= 0.6 is 0 Å². The summed E-state index contributed by atoms with van der Waals surface area (Å²) in [4.78, 5) is 4.44. The Kier molecular flexibility index (Phi) is 2.39. The van der Waals surface area contributed by atoms with Gasteiger partial charge in [-0.05, 0) is 42.2 Å². The highest BCUT2D eigenvalue weighted by atomic mass is 15.2. The molecule has 3 N–H and O–H groups in total. The lowest BCUT2D eigenvalue weighted by Crippen LogP contribution is -2.09. The first-order valence-corrected chi connectivity index (χ1v) is 6.74. The molecule has 4 rings (SSSR count). The van der Waals surface area contributed by atoms with E-state index in [0.717, 1.165) is 29.9 Å². The first-order chi connectivity index (χ1) is 9.81. The van der Waals surface area contributed by atoms with Crippen LogP contribution in [0.15, 0.2) is 42.9 Å². The Balaban J connectivity index is 1.70. The quantitative estimate of drug-likeness (QED) is 0.698. The number of nitrogens with two attached hydrogens (primary N) is 1. The molecule has 1 aromatic carbocycles. The van der Waals surface area contributed by atoms with Crippen LogP contribution in [0.2, 0.25) is 0 Å². The molecule has 0 bridgehead atoms. The number of nitrogens with zero attached hydrogens (tertiary/aromatic N) is 3. The molecule has 0 aliphatic heterocycles. The molecule has 5 heteroatoms. The fourth-order valence-electron chi connectivity index (χ4n) is 2.92. The van der Waals surface area contributed by atoms with E-state index in [1.54, 1.807) is 12.4 Å². The van der Waals surface area contributed by atoms with Gasteiger partial charge in [0, 0.05) is 18.1 Å². The standard InChI is InChI=1S/C15H15N5/c16-11-2-3-12-10(9-11)1-4-13(12)19-15-14-5-6-18-20(14)8-7-17-15/h2-3,5-9,13H,1,4,16H2,(H,17,19). The van der Waals surface area contributed by atoms with Crippen LogP contribution < -0.4 is 11.1 Å². The van der Waals surface area contributed by atoms with E-state index in [4.69, 9.17) is 5.73 Å². The van der Waals surface area contributed by atoms with Gasteiger partial charge in [-0.1, -0.05) is 6.07 Å². The monoisotopic (exact) mass is 265 g/mol. The Morgan fingerprint density at radius 3 is 3.15 bits per heavy atom. The molecule has 0 fully saturated rings. The van der Waals surface area contributed by atoms with Crippen LogP contribution in [0.3, 0.4) is 0 Å². The van der Waals surface area contributed by atoms with E-state index in [1.807, 2.05) is 22.8 Å². The molecule has 1 aliphatic rings. The summed E-state index contributed by atoms with van der Waals surface area (Å²) in [6.45, 7) is 0. The molecular formula is C15H15N5. The maximum Gasteiger partial charge on any atom is 0.152 e. The summed E-state index contributed by atoms with van der Waals surface area (Å²) in [6, 6.07) is 8.41. The van der Waals surface area contributed by atoms with E-state index in [1.165, 1.54) is 11.1 Å². The zero-order chi connectivity index (χ0) is 13.5. The van der Waals surface area contributed by atoms with Crippen molar-refractivity contribution in [3.8, 4) is 0 Å². The van der Waals surface area contributed by atoms with Crippen molar-refractivity contribution in [2.24, 2.45) is 0 Å². The number of fused-ring (bicyclic) bond motifs is 2. The van der Waals surface area contributed by atoms with Crippen molar-refractivity contribution in [1.29, 1.82) is 0 Å². The molecule has 3 aromatic rings. The first-order valence-electron chi connectivity index (χ1n) is 6.74. The van der Waals surface area contributed by atoms with Crippen LogP contribution in [-0.2, 0) is 6.42 Å². The maximum atomic E-state index is 5.85. The first kappa shape index (κ1) is 11.3. The molecule has 1 aliphatic carbocycles. The molecule has 5 nitrogen and oxygen atoms in total. The van der Waals surface area contributed by atoms with Crippen molar-refractivity contribution in [1.82, 2.24) is 14.6 Å². The van der Waals surface area contributed by atoms with Crippen molar-refractivity contribution in [3.05, 3.63) is 54.0 Å². The van der Waals surface area contributed by atoms with Crippen molar-refractivity contribution in [2.75, 3.05) is 11.1 Å². The Hall–Kier alpha value is -2.56. The molecule has 20 heavy (non-hydrogen) atoms. The number of rotatable bonds is 2. The van der Waals surface area contributed by atoms with Crippen LogP contribution in [-0.4, -0.2) is 14.6 Å². The molecule has 1 atom stereocenters. The van der Waals surface area contributed by atoms with Gasteiger partial charge in [0.15, 0.2) is 5.82 Å². The summed E-state index contributed by atoms with van der Waals surface area (Å²) >= 11 is 0. The fourth-order valence-corrected chi connectivity index (χ4v) is 2.92. The third kappa shape index (κ3) is 1.71. The second-order valence-corrected chi connectivity index (χ2v) is 5.13. The van der Waals surface area contributed by atoms with E-state index in [9.17, 15) is 0 Å². The minimum absolute atomic E-state index is 0.291. The zero-order valence-electron chi connectivity index (χ0n) is 11.0. The average Bonchev–Trinajstić information content (AvgIpc) is 3.06. The zero-order valence-corrected chi connectivity index (χ0v) is 11.0. The van der Waals surface area contributed by atoms with Gasteiger partial charge in [0.05, 0.1) is 12.2 Å². The van der Waals surface area contributed by atoms with Gasteiger partial charge >= 0.3 is 0 Å². The summed E-state index contributed by atoms with van der Waals surface area (Å²) in [7, 11) is 0. The lowest BCUT2D eigenvalue weighted by atomic mass is 10.1. The highest BCUT2D eigenvalue weighted by Crippen LogP contribution is 2.35. The summed E-state index contributed by atoms with van der Waals surface area (Å²) in [5.74, 6) is 0.875. The Morgan fingerprint density at radius 2 is 2.20 bits per heavy atom. The van der Waals surface area contributed by atoms with E-state index in [2.05, 4.69) is 27.5 Å². The number of benzene rings is 1. The number of nitrogen functional groups attached to an aromatic ring is 1. The van der Waals surface area contributed by atoms with Crippen LogP contribution in [0.4, 0.5) is 11.5 Å². The molecular weight excluding hydrogens is 250 g/mol. The number of hydrogen-bond donors (Lipinski definition) is 2. The average molecular weight is 265 g/mol. The smallest absolute Gasteiger partial charge is 0.152 e. The molecule has 0 saturated heterocycles. The summed E-state index contributed by atoms with van der Waals surface area (Å²) in [6.07, 6.45) is 7.52. The molecule has 0 spiro atoms. The van der Waals surface area contributed by atoms with Crippen LogP contribution in [0.25, 0.3) is 5.52 Å². The Morgan fingerprint density at radius 1 is 1.25 bits per heavy atom. The summed E-state index contributed by atoms with van der Waals surface area (Å²) in [5.41, 5.74) is 10.3. The number of hydrogen-bond acceptors (Lipinski definition) is 4. The molecule has 0 amide bonds. The molecule has 0 saturated carbocycles. The summed E-state index contributed by atoms with van der Waals surface area (Å²) in [5, 5.41) is 7.76. The van der Waals surface area contributed by atoms with Crippen LogP contribution in [0.1, 0.15) is 23.6 Å². The number of aryl methyl sites for hydroxylation is 1. The molecule has 100 valence electrons. The van der Waals surface area contributed by atoms with E-state index in [-0.39, 0.29) is 0 Å². The third-order valence-corrected chi connectivity index (χ3v) is 3.88. The molecule has 2 heterocycles. The predicted octanol–water partition coefficient (Wildman–Crippen LogP) is 2.41. The molecule has 1 unspecified atom stereocenters. The lowest BCUT2D eigenvalue weighted by molar-refractivity contribution is 0.756. The Bertz CT molecular complexity index is 777. The lowest BCUT2D eigenvalue weighted by Gasteiger charge is -2.15. The van der Waals surface area contributed by atoms with Gasteiger partial charge in [-0.3, -0.25) is 0 Å². The second kappa shape index (κ2) is 4.23. The Labute approximate surface area is 116 Å². The van der Waals surface area contributed by atoms with Crippen molar-refractivity contribution >= 4 is 17.0 Å². The normalized spacial score (nSPS) is 17.3. The molecule has 2 aromatic heterocycles. The van der Waals surface area contributed by atoms with Gasteiger partial charge in [-0.25, -0.2) is 9.50 Å². The number of nitrogens with one attached hydrogen (secondary N) is 1. The van der Waals surface area contributed by atoms with Gasteiger partial charge < -0.3 is 11.1 Å². The van der Waals surface area contributed by atoms with E-state index >= 15 is 0 Å². The predicted molar refractivity (Wildman–Crippen MR) is 78.5 cm³/mol. The molecule has 0 radical (unpaired) electrons. The van der Waals surface area contributed by atoms with Gasteiger partial charge in [0.25, 0.3) is 0 Å². The van der Waals surface area contributed by atoms with Crippen molar-refractivity contribution in [3.63, 3.8) is 0 Å². The number of anilines is 2. The van der Waals surface area contributed by atoms with Gasteiger partial charge in [0.2, 0.25) is 0 Å². The highest BCUT2D eigenvalue weighted by Gasteiger charge is 2.23. The summed E-state index contributed by atoms with van der Waals surface area (Å²) < 4.78 is 1.83. The third-order valence-electron chi connectivity index (χ3n) is 3.88. The topological polar surface area (TPSA) is 68.2 Å². The van der Waals surface area contributed by atoms with Crippen LogP contribution in [0, 0.1) is 0 Å².